The number of rotatable bonds is 6. The third kappa shape index (κ3) is 4.55. The van der Waals surface area contributed by atoms with Crippen molar-refractivity contribution in [1.82, 2.24) is 0 Å². The molecule has 0 aliphatic rings. The second kappa shape index (κ2) is 7.77. The first-order valence-electron chi connectivity index (χ1n) is 6.66. The Hall–Kier alpha value is -2.91. The number of carbonyl (C=O) groups is 2. The van der Waals surface area contributed by atoms with Crippen LogP contribution in [0.1, 0.15) is 15.2 Å². The molecule has 0 atom stereocenters. The molecule has 1 aromatic heterocycles. The molecule has 130 valence electrons. The predicted octanol–water partition coefficient (Wildman–Crippen LogP) is 3.67. The largest absolute Gasteiger partial charge is 0.496 e. The highest BCUT2D eigenvalue weighted by molar-refractivity contribution is 7.16. The van der Waals surface area contributed by atoms with Crippen LogP contribution < -0.4 is 10.1 Å². The predicted molar refractivity (Wildman–Crippen MR) is 93.6 cm³/mol. The van der Waals surface area contributed by atoms with Gasteiger partial charge in [-0.15, -0.1) is 0 Å². The Bertz CT molecular complexity index is 877. The fraction of sp³-hybridized carbons (Fsp3) is 0.0667. The zero-order valence-corrected chi connectivity index (χ0v) is 14.3. The van der Waals surface area contributed by atoms with Crippen molar-refractivity contribution in [2.24, 2.45) is 0 Å². The Balaban J connectivity index is 2.15. The van der Waals surface area contributed by atoms with E-state index < -0.39 is 16.8 Å². The van der Waals surface area contributed by atoms with Crippen molar-refractivity contribution in [2.45, 2.75) is 0 Å². The maximum atomic E-state index is 12.0. The van der Waals surface area contributed by atoms with Gasteiger partial charge in [-0.1, -0.05) is 22.9 Å². The Morgan fingerprint density at radius 1 is 1.40 bits per heavy atom. The molecule has 0 fully saturated rings. The van der Waals surface area contributed by atoms with Crippen LogP contribution in [0.4, 0.5) is 10.7 Å². The summed E-state index contributed by atoms with van der Waals surface area (Å²) < 4.78 is 4.97. The van der Waals surface area contributed by atoms with E-state index in [-0.39, 0.29) is 27.0 Å². The van der Waals surface area contributed by atoms with Crippen LogP contribution in [0.5, 0.6) is 5.75 Å². The highest BCUT2D eigenvalue weighted by Crippen LogP contribution is 2.31. The maximum absolute atomic E-state index is 12.0. The molecular weight excluding hydrogens is 372 g/mol. The lowest BCUT2D eigenvalue weighted by Crippen LogP contribution is -2.09. The zero-order chi connectivity index (χ0) is 18.6. The minimum absolute atomic E-state index is 0.0305. The number of hydrogen-bond donors (Lipinski definition) is 2. The van der Waals surface area contributed by atoms with Crippen molar-refractivity contribution >= 4 is 51.6 Å². The quantitative estimate of drug-likeness (QED) is 0.447. The SMILES string of the molecule is COc1cc(NC(=O)/C=C/c2ccc([N+](=O)[O-])s2)c(Cl)cc1C(=O)O. The molecule has 0 aliphatic heterocycles. The third-order valence-electron chi connectivity index (χ3n) is 2.97. The van der Waals surface area contributed by atoms with Crippen LogP contribution >= 0.6 is 22.9 Å². The van der Waals surface area contributed by atoms with Gasteiger partial charge in [0.05, 0.1) is 22.7 Å². The van der Waals surface area contributed by atoms with Gasteiger partial charge >= 0.3 is 11.0 Å². The second-order valence-electron chi connectivity index (χ2n) is 4.59. The first-order chi connectivity index (χ1) is 11.8. The summed E-state index contributed by atoms with van der Waals surface area (Å²) in [7, 11) is 1.30. The number of thiophene rings is 1. The number of carboxylic acid groups (broad SMARTS) is 1. The van der Waals surface area contributed by atoms with Gasteiger partial charge in [-0.2, -0.15) is 0 Å². The number of halogens is 1. The number of benzene rings is 1. The molecule has 0 spiro atoms. The van der Waals surface area contributed by atoms with E-state index in [4.69, 9.17) is 21.4 Å². The third-order valence-corrected chi connectivity index (χ3v) is 4.28. The molecule has 0 saturated heterocycles. The topological polar surface area (TPSA) is 119 Å². The van der Waals surface area contributed by atoms with Crippen LogP contribution in [0.3, 0.4) is 0 Å². The molecule has 0 unspecified atom stereocenters. The van der Waals surface area contributed by atoms with E-state index in [9.17, 15) is 19.7 Å². The van der Waals surface area contributed by atoms with Gasteiger partial charge in [-0.05, 0) is 18.2 Å². The first kappa shape index (κ1) is 18.4. The number of carboxylic acids is 1. The van der Waals surface area contributed by atoms with Crippen molar-refractivity contribution in [3.63, 3.8) is 0 Å². The number of methoxy groups -OCH3 is 1. The van der Waals surface area contributed by atoms with Gasteiger partial charge in [0.15, 0.2) is 0 Å². The minimum Gasteiger partial charge on any atom is -0.496 e. The first-order valence-corrected chi connectivity index (χ1v) is 7.85. The van der Waals surface area contributed by atoms with Crippen LogP contribution in [0.25, 0.3) is 6.08 Å². The molecule has 1 heterocycles. The minimum atomic E-state index is -1.21. The number of nitrogens with zero attached hydrogens (tertiary/aromatic N) is 1. The van der Waals surface area contributed by atoms with Crippen molar-refractivity contribution < 1.29 is 24.4 Å². The van der Waals surface area contributed by atoms with E-state index in [1.807, 2.05) is 0 Å². The van der Waals surface area contributed by atoms with Crippen molar-refractivity contribution in [1.29, 1.82) is 0 Å². The Labute approximate surface area is 150 Å². The summed E-state index contributed by atoms with van der Waals surface area (Å²) >= 11 is 6.90. The molecule has 2 N–H and O–H groups in total. The van der Waals surface area contributed by atoms with Gasteiger partial charge in [0.25, 0.3) is 0 Å². The molecule has 1 amide bonds. The normalized spacial score (nSPS) is 10.6. The number of nitro groups is 1. The summed E-state index contributed by atoms with van der Waals surface area (Å²) in [6.45, 7) is 0. The summed E-state index contributed by atoms with van der Waals surface area (Å²) in [5, 5.41) is 22.2. The highest BCUT2D eigenvalue weighted by Gasteiger charge is 2.16. The summed E-state index contributed by atoms with van der Waals surface area (Å²) in [5.41, 5.74) is 0.0438. The van der Waals surface area contributed by atoms with Crippen molar-refractivity contribution in [2.75, 3.05) is 12.4 Å². The Morgan fingerprint density at radius 2 is 2.12 bits per heavy atom. The van der Waals surface area contributed by atoms with Gasteiger partial charge in [0.1, 0.15) is 11.3 Å². The molecule has 2 aromatic rings. The standard InChI is InChI=1S/C15H11ClN2O6S/c1-24-12-7-11(10(16)6-9(12)15(20)21)17-13(19)4-2-8-3-5-14(25-8)18(22)23/h2-7H,1H3,(H,17,19)(H,20,21)/b4-2+. The van der Waals surface area contributed by atoms with E-state index >= 15 is 0 Å². The van der Waals surface area contributed by atoms with E-state index in [0.29, 0.717) is 4.88 Å². The molecule has 0 bridgehead atoms. The van der Waals surface area contributed by atoms with E-state index in [2.05, 4.69) is 5.32 Å². The van der Waals surface area contributed by atoms with Crippen LogP contribution in [0.15, 0.2) is 30.3 Å². The molecule has 0 radical (unpaired) electrons. The molecule has 25 heavy (non-hydrogen) atoms. The van der Waals surface area contributed by atoms with Crippen molar-refractivity contribution in [3.05, 3.63) is 55.9 Å². The lowest BCUT2D eigenvalue weighted by Gasteiger charge is -2.10. The van der Waals surface area contributed by atoms with Crippen LogP contribution in [-0.4, -0.2) is 29.0 Å². The zero-order valence-electron chi connectivity index (χ0n) is 12.7. The summed E-state index contributed by atoms with van der Waals surface area (Å²) in [6.07, 6.45) is 2.60. The smallest absolute Gasteiger partial charge is 0.339 e. The van der Waals surface area contributed by atoms with Gasteiger partial charge in [0, 0.05) is 23.1 Å². The molecule has 2 rings (SSSR count). The molecule has 8 nitrogen and oxygen atoms in total. The van der Waals surface area contributed by atoms with Crippen LogP contribution in [0.2, 0.25) is 5.02 Å². The molecule has 10 heteroatoms. The number of ether oxygens (including phenoxy) is 1. The molecule has 1 aromatic carbocycles. The van der Waals surface area contributed by atoms with Gasteiger partial charge < -0.3 is 15.2 Å². The molecular formula is C15H11ClN2O6S. The van der Waals surface area contributed by atoms with Gasteiger partial charge in [0.2, 0.25) is 5.91 Å². The number of amides is 1. The molecule has 0 saturated carbocycles. The summed E-state index contributed by atoms with van der Waals surface area (Å²) in [6, 6.07) is 5.33. The number of nitrogens with one attached hydrogen (secondary N) is 1. The fourth-order valence-corrected chi connectivity index (χ4v) is 2.78. The highest BCUT2D eigenvalue weighted by atomic mass is 35.5. The number of aromatic carboxylic acids is 1. The Kier molecular flexibility index (Phi) is 5.73. The Morgan fingerprint density at radius 3 is 2.68 bits per heavy atom. The number of anilines is 1. The average Bonchev–Trinajstić information content (AvgIpc) is 3.03. The lowest BCUT2D eigenvalue weighted by molar-refractivity contribution is -0.380. The second-order valence-corrected chi connectivity index (χ2v) is 6.09. The number of hydrogen-bond acceptors (Lipinski definition) is 6. The van der Waals surface area contributed by atoms with Gasteiger partial charge in [-0.3, -0.25) is 14.9 Å². The summed E-state index contributed by atoms with van der Waals surface area (Å²) in [5.74, 6) is -1.70. The van der Waals surface area contributed by atoms with E-state index in [1.54, 1.807) is 0 Å². The van der Waals surface area contributed by atoms with Gasteiger partial charge in [-0.25, -0.2) is 4.79 Å². The van der Waals surface area contributed by atoms with Crippen molar-refractivity contribution in [3.8, 4) is 5.75 Å². The lowest BCUT2D eigenvalue weighted by atomic mass is 10.1. The maximum Gasteiger partial charge on any atom is 0.339 e. The van der Waals surface area contributed by atoms with Crippen LogP contribution in [-0.2, 0) is 4.79 Å². The van der Waals surface area contributed by atoms with E-state index in [0.717, 1.165) is 11.3 Å². The average molecular weight is 383 g/mol. The monoisotopic (exact) mass is 382 g/mol. The van der Waals surface area contributed by atoms with Crippen LogP contribution in [0, 0.1) is 10.1 Å². The summed E-state index contributed by atoms with van der Waals surface area (Å²) in [4.78, 5) is 33.7. The fourth-order valence-electron chi connectivity index (χ4n) is 1.85. The van der Waals surface area contributed by atoms with E-state index in [1.165, 1.54) is 43.5 Å². The number of carbonyl (C=O) groups excluding carboxylic acids is 1. The molecule has 0 aliphatic carbocycles.